The van der Waals surface area contributed by atoms with Crippen LogP contribution < -0.4 is 10.1 Å². The van der Waals surface area contributed by atoms with Gasteiger partial charge in [-0.25, -0.2) is 0 Å². The molecule has 1 N–H and O–H groups in total. The van der Waals surface area contributed by atoms with E-state index in [9.17, 15) is 4.79 Å². The molecule has 0 saturated carbocycles. The maximum atomic E-state index is 12.0. The third kappa shape index (κ3) is 4.38. The number of carbonyl (C=O) groups is 1. The van der Waals surface area contributed by atoms with Crippen molar-refractivity contribution < 1.29 is 9.53 Å². The molecule has 0 saturated heterocycles. The molecule has 0 radical (unpaired) electrons. The minimum absolute atomic E-state index is 0.248. The summed E-state index contributed by atoms with van der Waals surface area (Å²) in [6.07, 6.45) is 3.02. The Hall–Kier alpha value is -1.24. The molecule has 2 rings (SSSR count). The lowest BCUT2D eigenvalue weighted by atomic mass is 10.2. The minimum Gasteiger partial charge on any atom is -0.495 e. The number of anilines is 1. The first-order valence-electron chi connectivity index (χ1n) is 6.28. The summed E-state index contributed by atoms with van der Waals surface area (Å²) in [5, 5.41) is 3.68. The molecule has 0 aliphatic rings. The van der Waals surface area contributed by atoms with E-state index in [0.29, 0.717) is 21.4 Å². The molecule has 0 fully saturated rings. The summed E-state index contributed by atoms with van der Waals surface area (Å²) in [7, 11) is 1.51. The Kier molecular flexibility index (Phi) is 6.11. The molecule has 1 amide bonds. The number of rotatable bonds is 4. The van der Waals surface area contributed by atoms with E-state index in [4.69, 9.17) is 27.9 Å². The van der Waals surface area contributed by atoms with Gasteiger partial charge in [0.25, 0.3) is 0 Å². The first-order chi connectivity index (χ1) is 10.5. The molecule has 114 valence electrons. The molecule has 3 nitrogen and oxygen atoms in total. The quantitative estimate of drug-likeness (QED) is 0.512. The summed E-state index contributed by atoms with van der Waals surface area (Å²) in [5.41, 5.74) is 1.40. The number of halogens is 3. The number of para-hydroxylation sites is 1. The van der Waals surface area contributed by atoms with E-state index in [2.05, 4.69) is 27.9 Å². The predicted octanol–water partition coefficient (Wildman–Crippen LogP) is 5.26. The highest BCUT2D eigenvalue weighted by Crippen LogP contribution is 2.33. The zero-order valence-corrected chi connectivity index (χ0v) is 15.2. The SMILES string of the molecule is COc1c(Cl)cc(Cl)cc1/C=C/C(=O)Nc1ccccc1I. The Morgan fingerprint density at radius 2 is 2.00 bits per heavy atom. The molecule has 22 heavy (non-hydrogen) atoms. The van der Waals surface area contributed by atoms with Gasteiger partial charge >= 0.3 is 0 Å². The largest absolute Gasteiger partial charge is 0.495 e. The molecular weight excluding hydrogens is 436 g/mol. The lowest BCUT2D eigenvalue weighted by molar-refractivity contribution is -0.111. The molecule has 0 heterocycles. The van der Waals surface area contributed by atoms with E-state index in [0.717, 1.165) is 9.26 Å². The Morgan fingerprint density at radius 1 is 1.27 bits per heavy atom. The van der Waals surface area contributed by atoms with Crippen molar-refractivity contribution in [3.05, 3.63) is 61.7 Å². The molecule has 0 atom stereocenters. The fraction of sp³-hybridized carbons (Fsp3) is 0.0625. The number of nitrogens with one attached hydrogen (secondary N) is 1. The average molecular weight is 448 g/mol. The van der Waals surface area contributed by atoms with Gasteiger partial charge in [0.05, 0.1) is 17.8 Å². The monoisotopic (exact) mass is 447 g/mol. The Bertz CT molecular complexity index is 732. The van der Waals surface area contributed by atoms with Crippen molar-refractivity contribution in [2.45, 2.75) is 0 Å². The van der Waals surface area contributed by atoms with Gasteiger partial charge in [-0.1, -0.05) is 35.3 Å². The first-order valence-corrected chi connectivity index (χ1v) is 8.11. The number of methoxy groups -OCH3 is 1. The lowest BCUT2D eigenvalue weighted by Gasteiger charge is -2.08. The minimum atomic E-state index is -0.248. The van der Waals surface area contributed by atoms with Crippen LogP contribution in [0.4, 0.5) is 5.69 Å². The Morgan fingerprint density at radius 3 is 2.68 bits per heavy atom. The van der Waals surface area contributed by atoms with Gasteiger partial charge in [0, 0.05) is 20.2 Å². The van der Waals surface area contributed by atoms with Crippen molar-refractivity contribution in [3.8, 4) is 5.75 Å². The molecule has 0 bridgehead atoms. The highest BCUT2D eigenvalue weighted by atomic mass is 127. The van der Waals surface area contributed by atoms with Crippen molar-refractivity contribution >= 4 is 63.5 Å². The van der Waals surface area contributed by atoms with Gasteiger partial charge in [0.1, 0.15) is 5.75 Å². The van der Waals surface area contributed by atoms with Gasteiger partial charge in [0.2, 0.25) is 5.91 Å². The summed E-state index contributed by atoms with van der Waals surface area (Å²) in [5.74, 6) is 0.228. The van der Waals surface area contributed by atoms with E-state index in [1.165, 1.54) is 13.2 Å². The van der Waals surface area contributed by atoms with Crippen molar-refractivity contribution in [2.24, 2.45) is 0 Å². The fourth-order valence-corrected chi connectivity index (χ4v) is 2.93. The zero-order chi connectivity index (χ0) is 16.1. The maximum Gasteiger partial charge on any atom is 0.248 e. The summed E-state index contributed by atoms with van der Waals surface area (Å²) in [6, 6.07) is 10.8. The molecule has 6 heteroatoms. The second-order valence-corrected chi connectivity index (χ2v) is 6.32. The van der Waals surface area contributed by atoms with Gasteiger partial charge in [0.15, 0.2) is 0 Å². The topological polar surface area (TPSA) is 38.3 Å². The maximum absolute atomic E-state index is 12.0. The smallest absolute Gasteiger partial charge is 0.248 e. The van der Waals surface area contributed by atoms with Gasteiger partial charge in [-0.2, -0.15) is 0 Å². The van der Waals surface area contributed by atoms with Crippen LogP contribution in [0.5, 0.6) is 5.75 Å². The summed E-state index contributed by atoms with van der Waals surface area (Å²) in [4.78, 5) is 12.0. The molecule has 2 aromatic carbocycles. The van der Waals surface area contributed by atoms with Crippen molar-refractivity contribution in [2.75, 3.05) is 12.4 Å². The van der Waals surface area contributed by atoms with E-state index in [1.807, 2.05) is 24.3 Å². The molecule has 0 aliphatic carbocycles. The van der Waals surface area contributed by atoms with Crippen LogP contribution in [0.3, 0.4) is 0 Å². The van der Waals surface area contributed by atoms with E-state index in [1.54, 1.807) is 18.2 Å². The first kappa shape index (κ1) is 17.1. The van der Waals surface area contributed by atoms with Crippen molar-refractivity contribution in [1.82, 2.24) is 0 Å². The van der Waals surface area contributed by atoms with Crippen molar-refractivity contribution in [1.29, 1.82) is 0 Å². The van der Waals surface area contributed by atoms with Gasteiger partial charge in [-0.3, -0.25) is 4.79 Å². The summed E-state index contributed by atoms with van der Waals surface area (Å²) in [6.45, 7) is 0. The molecule has 0 aromatic heterocycles. The van der Waals surface area contributed by atoms with Crippen LogP contribution in [0.15, 0.2) is 42.5 Å². The Balaban J connectivity index is 2.18. The van der Waals surface area contributed by atoms with Gasteiger partial charge in [-0.15, -0.1) is 0 Å². The molecule has 0 unspecified atom stereocenters. The molecule has 0 aliphatic heterocycles. The van der Waals surface area contributed by atoms with Crippen LogP contribution in [-0.4, -0.2) is 13.0 Å². The average Bonchev–Trinajstić information content (AvgIpc) is 2.47. The number of hydrogen-bond donors (Lipinski definition) is 1. The number of hydrogen-bond acceptors (Lipinski definition) is 2. The second-order valence-electron chi connectivity index (χ2n) is 4.31. The van der Waals surface area contributed by atoms with Crippen LogP contribution in [0.2, 0.25) is 10.0 Å². The predicted molar refractivity (Wildman–Crippen MR) is 99.8 cm³/mol. The van der Waals surface area contributed by atoms with Crippen LogP contribution in [0, 0.1) is 3.57 Å². The Labute approximate surface area is 152 Å². The molecular formula is C16H12Cl2INO2. The highest BCUT2D eigenvalue weighted by Gasteiger charge is 2.08. The lowest BCUT2D eigenvalue weighted by Crippen LogP contribution is -2.08. The number of carbonyl (C=O) groups excluding carboxylic acids is 1. The molecule has 2 aromatic rings. The van der Waals surface area contributed by atoms with Gasteiger partial charge < -0.3 is 10.1 Å². The van der Waals surface area contributed by atoms with Gasteiger partial charge in [-0.05, 0) is 52.9 Å². The third-order valence-electron chi connectivity index (χ3n) is 2.79. The van der Waals surface area contributed by atoms with E-state index >= 15 is 0 Å². The van der Waals surface area contributed by atoms with Crippen LogP contribution >= 0.6 is 45.8 Å². The number of ether oxygens (including phenoxy) is 1. The normalized spacial score (nSPS) is 10.7. The number of benzene rings is 2. The second kappa shape index (κ2) is 7.85. The summed E-state index contributed by atoms with van der Waals surface area (Å²) < 4.78 is 6.19. The standard InChI is InChI=1S/C16H12Cl2INO2/c1-22-16-10(8-11(17)9-12(16)18)6-7-15(21)20-14-5-3-2-4-13(14)19/h2-9H,1H3,(H,20,21)/b7-6+. The van der Waals surface area contributed by atoms with Crippen LogP contribution in [0.1, 0.15) is 5.56 Å². The number of amides is 1. The fourth-order valence-electron chi connectivity index (χ4n) is 1.82. The van der Waals surface area contributed by atoms with E-state index in [-0.39, 0.29) is 5.91 Å². The van der Waals surface area contributed by atoms with E-state index < -0.39 is 0 Å². The zero-order valence-electron chi connectivity index (χ0n) is 11.6. The third-order valence-corrected chi connectivity index (χ3v) is 4.23. The molecule has 0 spiro atoms. The van der Waals surface area contributed by atoms with Crippen molar-refractivity contribution in [3.63, 3.8) is 0 Å². The highest BCUT2D eigenvalue weighted by molar-refractivity contribution is 14.1. The summed E-state index contributed by atoms with van der Waals surface area (Å²) >= 11 is 14.2. The van der Waals surface area contributed by atoms with Crippen LogP contribution in [-0.2, 0) is 4.79 Å². The van der Waals surface area contributed by atoms with Crippen LogP contribution in [0.25, 0.3) is 6.08 Å².